The van der Waals surface area contributed by atoms with Crippen LogP contribution in [0.3, 0.4) is 0 Å². The molecule has 1 aliphatic rings. The predicted molar refractivity (Wildman–Crippen MR) is 126 cm³/mol. The van der Waals surface area contributed by atoms with Crippen molar-refractivity contribution in [1.82, 2.24) is 10.1 Å². The highest BCUT2D eigenvalue weighted by atomic mass is 19.1. The van der Waals surface area contributed by atoms with Crippen LogP contribution in [0.25, 0.3) is 33.4 Å². The van der Waals surface area contributed by atoms with Gasteiger partial charge in [0.15, 0.2) is 5.58 Å². The second-order valence-electron chi connectivity index (χ2n) is 8.59. The Balaban J connectivity index is 1.76. The van der Waals surface area contributed by atoms with E-state index in [1.54, 1.807) is 25.1 Å². The summed E-state index contributed by atoms with van der Waals surface area (Å²) in [5.74, 6) is -0.837. The Morgan fingerprint density at radius 3 is 2.43 bits per heavy atom. The van der Waals surface area contributed by atoms with Crippen molar-refractivity contribution >= 4 is 16.8 Å². The number of aryl methyl sites for hydroxylation is 1. The van der Waals surface area contributed by atoms with E-state index in [1.807, 2.05) is 4.90 Å². The van der Waals surface area contributed by atoms with E-state index in [1.165, 1.54) is 24.3 Å². The molecule has 1 saturated heterocycles. The minimum absolute atomic E-state index is 0.0781. The van der Waals surface area contributed by atoms with Gasteiger partial charge in [-0.2, -0.15) is 10.5 Å². The van der Waals surface area contributed by atoms with Crippen LogP contribution in [0.2, 0.25) is 0 Å². The number of benzene rings is 2. The summed E-state index contributed by atoms with van der Waals surface area (Å²) in [4.78, 5) is 6.73. The van der Waals surface area contributed by atoms with Crippen molar-refractivity contribution in [2.45, 2.75) is 25.8 Å². The van der Waals surface area contributed by atoms with E-state index in [2.05, 4.69) is 11.2 Å². The minimum atomic E-state index is -0.714. The van der Waals surface area contributed by atoms with Gasteiger partial charge in [0.1, 0.15) is 29.6 Å². The molecule has 0 bridgehead atoms. The molecule has 0 amide bonds. The van der Waals surface area contributed by atoms with E-state index < -0.39 is 11.6 Å². The third-order valence-electron chi connectivity index (χ3n) is 6.36. The number of halogens is 2. The Hall–Kier alpha value is -4.34. The van der Waals surface area contributed by atoms with Gasteiger partial charge in [-0.3, -0.25) is 0 Å². The molecule has 1 aliphatic heterocycles. The molecule has 2 N–H and O–H groups in total. The summed E-state index contributed by atoms with van der Waals surface area (Å²) in [6, 6.07) is 12.6. The molecule has 0 unspecified atom stereocenters. The van der Waals surface area contributed by atoms with Crippen molar-refractivity contribution in [3.8, 4) is 34.5 Å². The molecule has 35 heavy (non-hydrogen) atoms. The molecule has 0 atom stereocenters. The summed E-state index contributed by atoms with van der Waals surface area (Å²) in [6.07, 6.45) is 1.48. The summed E-state index contributed by atoms with van der Waals surface area (Å²) >= 11 is 0. The van der Waals surface area contributed by atoms with Crippen LogP contribution in [0, 0.1) is 41.2 Å². The number of anilines is 1. The van der Waals surface area contributed by atoms with Crippen molar-refractivity contribution in [3.63, 3.8) is 0 Å². The molecule has 9 heteroatoms. The average molecular weight is 470 g/mol. The number of hydrogen-bond acceptors (Lipinski definition) is 7. The van der Waals surface area contributed by atoms with Crippen LogP contribution in [0.1, 0.15) is 29.7 Å². The number of aromatic nitrogens is 2. The second-order valence-corrected chi connectivity index (χ2v) is 8.59. The van der Waals surface area contributed by atoms with Gasteiger partial charge in [0, 0.05) is 41.2 Å². The van der Waals surface area contributed by atoms with E-state index >= 15 is 4.39 Å². The Kier molecular flexibility index (Phi) is 5.64. The van der Waals surface area contributed by atoms with E-state index in [-0.39, 0.29) is 28.4 Å². The van der Waals surface area contributed by atoms with Gasteiger partial charge >= 0.3 is 0 Å². The maximum Gasteiger partial charge on any atom is 0.167 e. The maximum absolute atomic E-state index is 15.4. The van der Waals surface area contributed by atoms with Crippen LogP contribution in [-0.4, -0.2) is 29.3 Å². The van der Waals surface area contributed by atoms with E-state index in [0.717, 1.165) is 12.8 Å². The summed E-state index contributed by atoms with van der Waals surface area (Å²) in [5, 5.41) is 23.5. The Morgan fingerprint density at radius 1 is 1.00 bits per heavy atom. The van der Waals surface area contributed by atoms with E-state index in [9.17, 15) is 9.65 Å². The number of nitrogens with zero attached hydrogens (tertiary/aromatic N) is 5. The molecule has 2 aromatic carbocycles. The quantitative estimate of drug-likeness (QED) is 0.457. The number of pyridine rings is 1. The van der Waals surface area contributed by atoms with Gasteiger partial charge in [-0.15, -0.1) is 0 Å². The molecule has 0 saturated carbocycles. The summed E-state index contributed by atoms with van der Waals surface area (Å²) in [7, 11) is 0. The third kappa shape index (κ3) is 3.96. The number of nitrogens with two attached hydrogens (primary N) is 1. The first kappa shape index (κ1) is 22.5. The Morgan fingerprint density at radius 2 is 1.74 bits per heavy atom. The first-order valence-corrected chi connectivity index (χ1v) is 11.1. The molecule has 1 fully saturated rings. The van der Waals surface area contributed by atoms with Gasteiger partial charge in [-0.05, 0) is 50.1 Å². The van der Waals surface area contributed by atoms with Crippen LogP contribution >= 0.6 is 0 Å². The number of nitriles is 2. The fourth-order valence-corrected chi connectivity index (χ4v) is 4.40. The molecule has 5 rings (SSSR count). The van der Waals surface area contributed by atoms with Crippen LogP contribution in [0.5, 0.6) is 0 Å². The highest BCUT2D eigenvalue weighted by Crippen LogP contribution is 2.38. The highest BCUT2D eigenvalue weighted by Gasteiger charge is 2.25. The molecular formula is C26H20F2N6O. The van der Waals surface area contributed by atoms with Crippen molar-refractivity contribution in [2.75, 3.05) is 18.0 Å². The zero-order valence-corrected chi connectivity index (χ0v) is 18.8. The maximum atomic E-state index is 15.4. The van der Waals surface area contributed by atoms with Crippen molar-refractivity contribution in [2.24, 2.45) is 5.73 Å². The minimum Gasteiger partial charge on any atom is -0.356 e. The molecule has 0 radical (unpaired) electrons. The predicted octanol–water partition coefficient (Wildman–Crippen LogP) is 4.81. The molecule has 174 valence electrons. The Labute approximate surface area is 200 Å². The first-order chi connectivity index (χ1) is 16.9. The third-order valence-corrected chi connectivity index (χ3v) is 6.36. The molecule has 2 aromatic heterocycles. The highest BCUT2D eigenvalue weighted by molar-refractivity contribution is 5.90. The molecule has 0 spiro atoms. The first-order valence-electron chi connectivity index (χ1n) is 11.1. The Bertz CT molecular complexity index is 1540. The molecule has 0 aliphatic carbocycles. The monoisotopic (exact) mass is 470 g/mol. The van der Waals surface area contributed by atoms with Gasteiger partial charge in [-0.25, -0.2) is 13.8 Å². The van der Waals surface area contributed by atoms with Gasteiger partial charge < -0.3 is 15.2 Å². The fraction of sp³-hybridized carbons (Fsp3) is 0.231. The second kappa shape index (κ2) is 8.79. The molecule has 7 nitrogen and oxygen atoms in total. The summed E-state index contributed by atoms with van der Waals surface area (Å²) in [5.41, 5.74) is 8.20. The van der Waals surface area contributed by atoms with E-state index in [0.29, 0.717) is 46.7 Å². The lowest BCUT2D eigenvalue weighted by Gasteiger charge is -2.32. The lowest BCUT2D eigenvalue weighted by Crippen LogP contribution is -2.40. The van der Waals surface area contributed by atoms with Crippen LogP contribution in [0.4, 0.5) is 14.6 Å². The lowest BCUT2D eigenvalue weighted by molar-refractivity contribution is 0.450. The fourth-order valence-electron chi connectivity index (χ4n) is 4.40. The van der Waals surface area contributed by atoms with Gasteiger partial charge in [-0.1, -0.05) is 11.2 Å². The van der Waals surface area contributed by atoms with Gasteiger partial charge in [0.25, 0.3) is 0 Å². The average Bonchev–Trinajstić information content (AvgIpc) is 3.22. The molecule has 4 aromatic rings. The summed E-state index contributed by atoms with van der Waals surface area (Å²) < 4.78 is 35.3. The van der Waals surface area contributed by atoms with Gasteiger partial charge in [0.2, 0.25) is 0 Å². The van der Waals surface area contributed by atoms with Crippen LogP contribution < -0.4 is 10.6 Å². The number of rotatable bonds is 3. The van der Waals surface area contributed by atoms with E-state index in [4.69, 9.17) is 20.5 Å². The molecular weight excluding hydrogens is 450 g/mol. The topological polar surface area (TPSA) is 116 Å². The van der Waals surface area contributed by atoms with Crippen molar-refractivity contribution < 1.29 is 13.3 Å². The number of fused-ring (bicyclic) bond motifs is 1. The van der Waals surface area contributed by atoms with Crippen LogP contribution in [0.15, 0.2) is 40.9 Å². The number of piperidine rings is 1. The van der Waals surface area contributed by atoms with Crippen molar-refractivity contribution in [3.05, 3.63) is 64.9 Å². The largest absolute Gasteiger partial charge is 0.356 e. The molecule has 3 heterocycles. The zero-order chi connectivity index (χ0) is 24.7. The lowest BCUT2D eigenvalue weighted by atomic mass is 9.95. The number of hydrogen-bond donors (Lipinski definition) is 1. The SMILES string of the molecule is Cc1noc2cc(-c3cc(C#N)c(N4CCC(N)CC4)nc3-c3ccc(C#N)c(F)c3)c(F)cc12. The van der Waals surface area contributed by atoms with Crippen molar-refractivity contribution in [1.29, 1.82) is 10.5 Å². The zero-order valence-electron chi connectivity index (χ0n) is 18.8. The smallest absolute Gasteiger partial charge is 0.167 e. The van der Waals surface area contributed by atoms with Gasteiger partial charge in [0.05, 0.1) is 22.5 Å². The summed E-state index contributed by atoms with van der Waals surface area (Å²) in [6.45, 7) is 2.94. The van der Waals surface area contributed by atoms with Crippen LogP contribution in [-0.2, 0) is 0 Å². The standard InChI is InChI=1S/C26H20F2N6O/c1-14-19-10-23(28)20(11-24(19)35-33-14)21-8-17(13-30)26(34-6-4-18(31)5-7-34)32-25(21)15-2-3-16(12-29)22(27)9-15/h2-3,8-11,18H,4-7,31H2,1H3. The normalized spacial score (nSPS) is 14.2.